The fraction of sp³-hybridized carbons (Fsp3) is 0.357. The third-order valence-electron chi connectivity index (χ3n) is 6.02. The van der Waals surface area contributed by atoms with Crippen molar-refractivity contribution in [3.8, 4) is 11.5 Å². The van der Waals surface area contributed by atoms with Crippen molar-refractivity contribution in [3.63, 3.8) is 0 Å². The van der Waals surface area contributed by atoms with E-state index in [-0.39, 0.29) is 0 Å². The summed E-state index contributed by atoms with van der Waals surface area (Å²) in [6.45, 7) is 7.93. The minimum absolute atomic E-state index is 0.494. The highest BCUT2D eigenvalue weighted by molar-refractivity contribution is 9.10. The topological polar surface area (TPSA) is 33.7 Å². The Bertz CT molecular complexity index is 1120. The highest BCUT2D eigenvalue weighted by atomic mass is 79.9. The Kier molecular flexibility index (Phi) is 8.63. The van der Waals surface area contributed by atoms with Gasteiger partial charge in [0, 0.05) is 29.8 Å². The van der Waals surface area contributed by atoms with Crippen molar-refractivity contribution >= 4 is 38.9 Å². The van der Waals surface area contributed by atoms with Gasteiger partial charge in [-0.1, -0.05) is 57.4 Å². The quantitative estimate of drug-likeness (QED) is 0.296. The summed E-state index contributed by atoms with van der Waals surface area (Å²) in [5.74, 6) is 1.47. The second-order valence-corrected chi connectivity index (χ2v) is 9.93. The van der Waals surface area contributed by atoms with Crippen LogP contribution in [0.2, 0.25) is 5.02 Å². The van der Waals surface area contributed by atoms with Gasteiger partial charge in [-0.05, 0) is 74.6 Å². The number of anilines is 2. The van der Waals surface area contributed by atoms with Crippen molar-refractivity contribution < 1.29 is 9.47 Å². The molecule has 3 aromatic rings. The van der Waals surface area contributed by atoms with Gasteiger partial charge in [-0.15, -0.1) is 0 Å². The lowest BCUT2D eigenvalue weighted by atomic mass is 10.1. The van der Waals surface area contributed by atoms with E-state index in [4.69, 9.17) is 21.1 Å². The van der Waals surface area contributed by atoms with Gasteiger partial charge >= 0.3 is 0 Å². The van der Waals surface area contributed by atoms with Crippen molar-refractivity contribution in [2.75, 3.05) is 29.9 Å². The lowest BCUT2D eigenvalue weighted by Gasteiger charge is -2.29. The van der Waals surface area contributed by atoms with Crippen LogP contribution in [0.5, 0.6) is 11.5 Å². The molecule has 1 heterocycles. The van der Waals surface area contributed by atoms with Crippen LogP contribution in [0, 0.1) is 6.92 Å². The van der Waals surface area contributed by atoms with Crippen LogP contribution in [0.1, 0.15) is 42.9 Å². The number of nitrogens with one attached hydrogen (secondary N) is 1. The zero-order valence-corrected chi connectivity index (χ0v) is 22.2. The summed E-state index contributed by atoms with van der Waals surface area (Å²) in [7, 11) is 0. The number of piperidine rings is 1. The van der Waals surface area contributed by atoms with Crippen molar-refractivity contribution in [3.05, 3.63) is 80.8 Å². The third kappa shape index (κ3) is 6.39. The van der Waals surface area contributed by atoms with Crippen molar-refractivity contribution in [2.45, 2.75) is 46.3 Å². The lowest BCUT2D eigenvalue weighted by Crippen LogP contribution is -2.29. The Morgan fingerprint density at radius 2 is 1.76 bits per heavy atom. The maximum absolute atomic E-state index is 6.63. The van der Waals surface area contributed by atoms with Gasteiger partial charge in [0.25, 0.3) is 0 Å². The van der Waals surface area contributed by atoms with E-state index in [0.717, 1.165) is 56.6 Å². The van der Waals surface area contributed by atoms with Gasteiger partial charge in [0.15, 0.2) is 11.5 Å². The number of hydrogen-bond donors (Lipinski definition) is 1. The minimum Gasteiger partial charge on any atom is -0.490 e. The highest BCUT2D eigenvalue weighted by Gasteiger charge is 2.15. The molecule has 1 N–H and O–H groups in total. The molecule has 1 aliphatic heterocycles. The predicted molar refractivity (Wildman–Crippen MR) is 146 cm³/mol. The van der Waals surface area contributed by atoms with E-state index in [0.29, 0.717) is 19.8 Å². The molecule has 4 nitrogen and oxygen atoms in total. The van der Waals surface area contributed by atoms with E-state index in [1.54, 1.807) is 0 Å². The maximum atomic E-state index is 6.63. The van der Waals surface area contributed by atoms with Gasteiger partial charge in [-0.3, -0.25) is 0 Å². The van der Waals surface area contributed by atoms with Gasteiger partial charge in [0.2, 0.25) is 0 Å². The molecule has 34 heavy (non-hydrogen) atoms. The molecule has 1 aliphatic rings. The molecule has 4 rings (SSSR count). The van der Waals surface area contributed by atoms with E-state index >= 15 is 0 Å². The molecule has 0 unspecified atom stereocenters. The second kappa shape index (κ2) is 11.9. The molecular formula is C28H32BrClN2O2. The van der Waals surface area contributed by atoms with Crippen LogP contribution in [0.4, 0.5) is 11.4 Å². The number of benzene rings is 3. The first-order valence-electron chi connectivity index (χ1n) is 12.0. The largest absolute Gasteiger partial charge is 0.490 e. The molecular weight excluding hydrogens is 512 g/mol. The van der Waals surface area contributed by atoms with Crippen LogP contribution in [0.25, 0.3) is 0 Å². The summed E-state index contributed by atoms with van der Waals surface area (Å²) in [6.07, 6.45) is 3.77. The van der Waals surface area contributed by atoms with Crippen LogP contribution < -0.4 is 19.7 Å². The van der Waals surface area contributed by atoms with Crippen molar-refractivity contribution in [1.82, 2.24) is 0 Å². The summed E-state index contributed by atoms with van der Waals surface area (Å²) < 4.78 is 13.0. The minimum atomic E-state index is 0.494. The summed E-state index contributed by atoms with van der Waals surface area (Å²) in [5, 5.41) is 4.29. The molecule has 0 bridgehead atoms. The van der Waals surface area contributed by atoms with Crippen molar-refractivity contribution in [2.24, 2.45) is 0 Å². The van der Waals surface area contributed by atoms with Gasteiger partial charge in [-0.25, -0.2) is 0 Å². The average molecular weight is 544 g/mol. The zero-order valence-electron chi connectivity index (χ0n) is 19.9. The molecule has 0 aromatic heterocycles. The number of halogens is 2. The second-order valence-electron chi connectivity index (χ2n) is 8.67. The van der Waals surface area contributed by atoms with Crippen LogP contribution >= 0.6 is 27.5 Å². The predicted octanol–water partition coefficient (Wildman–Crippen LogP) is 7.99. The van der Waals surface area contributed by atoms with E-state index < -0.39 is 0 Å². The third-order valence-corrected chi connectivity index (χ3v) is 7.06. The Balaban J connectivity index is 1.44. The molecule has 1 saturated heterocycles. The lowest BCUT2D eigenvalue weighted by molar-refractivity contribution is 0.269. The molecule has 0 amide bonds. The number of rotatable bonds is 9. The number of nitrogens with zero attached hydrogens (tertiary/aromatic N) is 1. The van der Waals surface area contributed by atoms with E-state index in [2.05, 4.69) is 63.4 Å². The molecule has 0 aliphatic carbocycles. The van der Waals surface area contributed by atoms with Gasteiger partial charge in [0.1, 0.15) is 6.61 Å². The highest BCUT2D eigenvalue weighted by Crippen LogP contribution is 2.36. The summed E-state index contributed by atoms with van der Waals surface area (Å²) in [6, 6.07) is 18.6. The number of ether oxygens (including phenoxy) is 2. The smallest absolute Gasteiger partial charge is 0.162 e. The molecule has 1 fully saturated rings. The van der Waals surface area contributed by atoms with E-state index in [9.17, 15) is 0 Å². The Morgan fingerprint density at radius 3 is 2.50 bits per heavy atom. The molecule has 0 saturated carbocycles. The van der Waals surface area contributed by atoms with Crippen molar-refractivity contribution in [1.29, 1.82) is 0 Å². The number of hydrogen-bond acceptors (Lipinski definition) is 4. The summed E-state index contributed by atoms with van der Waals surface area (Å²) in [5.41, 5.74) is 5.56. The number of aryl methyl sites for hydroxylation is 1. The Morgan fingerprint density at radius 1 is 0.971 bits per heavy atom. The van der Waals surface area contributed by atoms with Gasteiger partial charge < -0.3 is 19.7 Å². The summed E-state index contributed by atoms with van der Waals surface area (Å²) in [4.78, 5) is 2.38. The molecule has 3 aromatic carbocycles. The fourth-order valence-corrected chi connectivity index (χ4v) is 5.02. The molecule has 0 radical (unpaired) electrons. The van der Waals surface area contributed by atoms with Crippen LogP contribution in [-0.2, 0) is 13.2 Å². The average Bonchev–Trinajstić information content (AvgIpc) is 2.84. The maximum Gasteiger partial charge on any atom is 0.162 e. The summed E-state index contributed by atoms with van der Waals surface area (Å²) >= 11 is 10.3. The van der Waals surface area contributed by atoms with Crippen LogP contribution in [0.15, 0.2) is 59.1 Å². The fourth-order valence-electron chi connectivity index (χ4n) is 4.26. The molecule has 6 heteroatoms. The van der Waals surface area contributed by atoms with E-state index in [1.165, 1.54) is 24.8 Å². The normalized spacial score (nSPS) is 13.6. The molecule has 0 spiro atoms. The first-order chi connectivity index (χ1) is 16.5. The van der Waals surface area contributed by atoms with E-state index in [1.807, 2.05) is 31.2 Å². The monoisotopic (exact) mass is 542 g/mol. The SMILES string of the molecule is CCOc1cc(CNc2ccc(N3CCCCC3)c(Cl)c2)c(Br)cc1OCc1cccc(C)c1. The first-order valence-corrected chi connectivity index (χ1v) is 13.1. The standard InChI is InChI=1S/C28H32BrClN2O2/c1-3-33-27-15-22(24(29)17-28(27)34-19-21-9-7-8-20(2)14-21)18-31-23-10-11-26(25(30)16-23)32-12-5-4-6-13-32/h7-11,14-17,31H,3-6,12-13,18-19H2,1-2H3. The van der Waals surface area contributed by atoms with Gasteiger partial charge in [0.05, 0.1) is 17.3 Å². The van der Waals surface area contributed by atoms with Crippen LogP contribution in [0.3, 0.4) is 0 Å². The zero-order chi connectivity index (χ0) is 23.9. The van der Waals surface area contributed by atoms with Gasteiger partial charge in [-0.2, -0.15) is 0 Å². The Labute approximate surface area is 216 Å². The Hall–Kier alpha value is -2.37. The molecule has 0 atom stereocenters. The first kappa shape index (κ1) is 24.7. The molecule has 180 valence electrons. The van der Waals surface area contributed by atoms with Crippen LogP contribution in [-0.4, -0.2) is 19.7 Å².